The van der Waals surface area contributed by atoms with Crippen molar-refractivity contribution < 1.29 is 23.1 Å². The molecule has 1 aromatic heterocycles. The van der Waals surface area contributed by atoms with Crippen molar-refractivity contribution in [2.24, 2.45) is 5.92 Å². The Morgan fingerprint density at radius 1 is 1.27 bits per heavy atom. The summed E-state index contributed by atoms with van der Waals surface area (Å²) in [6.07, 6.45) is -0.952. The minimum absolute atomic E-state index is 0.156. The molecule has 2 aromatic rings. The highest BCUT2D eigenvalue weighted by molar-refractivity contribution is 6.36. The van der Waals surface area contributed by atoms with E-state index >= 15 is 0 Å². The zero-order chi connectivity index (χ0) is 18.7. The number of carbonyl (C=O) groups excluding carboxylic acids is 1. The van der Waals surface area contributed by atoms with Crippen molar-refractivity contribution in [1.29, 1.82) is 0 Å². The lowest BCUT2D eigenvalue weighted by Crippen LogP contribution is -2.33. The molecule has 0 spiro atoms. The Morgan fingerprint density at radius 2 is 1.96 bits per heavy atom. The fourth-order valence-corrected chi connectivity index (χ4v) is 2.72. The summed E-state index contributed by atoms with van der Waals surface area (Å²) in [6.45, 7) is 0.338. The van der Waals surface area contributed by atoms with Crippen LogP contribution in [0.4, 0.5) is 8.78 Å². The Labute approximate surface area is 158 Å². The lowest BCUT2D eigenvalue weighted by molar-refractivity contribution is -0.272. The number of amides is 1. The Morgan fingerprint density at radius 3 is 2.62 bits per heavy atom. The zero-order valence-corrected chi connectivity index (χ0v) is 14.9. The smallest absolute Gasteiger partial charge is 0.405 e. The van der Waals surface area contributed by atoms with E-state index < -0.39 is 27.6 Å². The van der Waals surface area contributed by atoms with Gasteiger partial charge in [-0.3, -0.25) is 4.79 Å². The molecule has 1 aromatic carbocycles. The average molecular weight is 403 g/mol. The number of hydroxylamine groups is 1. The van der Waals surface area contributed by atoms with Crippen LogP contribution in [0.3, 0.4) is 0 Å². The van der Waals surface area contributed by atoms with Crippen molar-refractivity contribution in [3.05, 3.63) is 57.7 Å². The molecule has 1 amide bonds. The molecule has 0 aliphatic heterocycles. The molecule has 1 saturated carbocycles. The first-order valence-electron chi connectivity index (χ1n) is 7.77. The molecule has 0 saturated heterocycles. The first-order valence-corrected chi connectivity index (χ1v) is 8.52. The van der Waals surface area contributed by atoms with Gasteiger partial charge in [-0.25, -0.2) is 10.5 Å². The molecule has 1 N–H and O–H groups in total. The van der Waals surface area contributed by atoms with Crippen LogP contribution in [0.2, 0.25) is 10.0 Å². The molecular formula is C17H14Cl2F2N2O3. The molecule has 1 aliphatic carbocycles. The van der Waals surface area contributed by atoms with Crippen LogP contribution in [0.25, 0.3) is 0 Å². The third kappa shape index (κ3) is 4.41. The maximum absolute atomic E-state index is 14.5. The standard InChI is InChI=1S/C17H14Cl2F2N2O3/c18-12-8-22-16(25-9-10-6-7-10)14(19)13(12)17(20,21)26-23-15(24)11-4-2-1-3-5-11/h1-5,8,10H,6-7,9H2,(H,23,24). The number of nitrogens with zero attached hydrogens (tertiary/aromatic N) is 1. The van der Waals surface area contributed by atoms with E-state index in [4.69, 9.17) is 27.9 Å². The minimum Gasteiger partial charge on any atom is -0.476 e. The number of aromatic nitrogens is 1. The van der Waals surface area contributed by atoms with Crippen LogP contribution in [-0.4, -0.2) is 17.5 Å². The highest BCUT2D eigenvalue weighted by atomic mass is 35.5. The second-order valence-corrected chi connectivity index (χ2v) is 6.56. The van der Waals surface area contributed by atoms with Gasteiger partial charge < -0.3 is 4.74 Å². The van der Waals surface area contributed by atoms with E-state index in [9.17, 15) is 13.6 Å². The summed E-state index contributed by atoms with van der Waals surface area (Å²) in [5.41, 5.74) is 1.04. The highest BCUT2D eigenvalue weighted by Gasteiger charge is 2.41. The summed E-state index contributed by atoms with van der Waals surface area (Å²) in [6, 6.07) is 7.77. The maximum atomic E-state index is 14.5. The normalized spacial score (nSPS) is 14.2. The van der Waals surface area contributed by atoms with Gasteiger partial charge in [-0.2, -0.15) is 13.6 Å². The van der Waals surface area contributed by atoms with E-state index in [-0.39, 0.29) is 11.4 Å². The van der Waals surface area contributed by atoms with Gasteiger partial charge in [0.25, 0.3) is 5.91 Å². The largest absolute Gasteiger partial charge is 0.476 e. The molecule has 1 heterocycles. The van der Waals surface area contributed by atoms with Crippen molar-refractivity contribution in [1.82, 2.24) is 10.5 Å². The Balaban J connectivity index is 1.74. The monoisotopic (exact) mass is 402 g/mol. The Bertz CT molecular complexity index is 802. The van der Waals surface area contributed by atoms with Crippen molar-refractivity contribution >= 4 is 29.1 Å². The number of ether oxygens (including phenoxy) is 1. The fraction of sp³-hybridized carbons (Fsp3) is 0.294. The minimum atomic E-state index is -3.99. The number of alkyl halides is 2. The molecule has 138 valence electrons. The van der Waals surface area contributed by atoms with Crippen LogP contribution in [0.15, 0.2) is 36.5 Å². The van der Waals surface area contributed by atoms with Crippen molar-refractivity contribution in [2.75, 3.05) is 6.61 Å². The van der Waals surface area contributed by atoms with Gasteiger partial charge in [0, 0.05) is 5.56 Å². The number of hydrogen-bond acceptors (Lipinski definition) is 4. The number of hydrogen-bond donors (Lipinski definition) is 1. The molecule has 0 radical (unpaired) electrons. The molecule has 26 heavy (non-hydrogen) atoms. The van der Waals surface area contributed by atoms with E-state index in [0.29, 0.717) is 12.5 Å². The van der Waals surface area contributed by atoms with Gasteiger partial charge >= 0.3 is 6.11 Å². The quantitative estimate of drug-likeness (QED) is 0.688. The van der Waals surface area contributed by atoms with Gasteiger partial charge in [-0.15, -0.1) is 0 Å². The van der Waals surface area contributed by atoms with Gasteiger partial charge in [0.15, 0.2) is 0 Å². The van der Waals surface area contributed by atoms with E-state index in [0.717, 1.165) is 19.0 Å². The third-order valence-electron chi connectivity index (χ3n) is 3.69. The molecule has 0 bridgehead atoms. The van der Waals surface area contributed by atoms with Crippen molar-refractivity contribution in [3.8, 4) is 5.88 Å². The number of benzene rings is 1. The topological polar surface area (TPSA) is 60.5 Å². The number of nitrogens with one attached hydrogen (secondary N) is 1. The number of halogens is 4. The molecule has 0 unspecified atom stereocenters. The van der Waals surface area contributed by atoms with Crippen molar-refractivity contribution in [3.63, 3.8) is 0 Å². The molecule has 3 rings (SSSR count). The first-order chi connectivity index (χ1) is 12.4. The lowest BCUT2D eigenvalue weighted by Gasteiger charge is -2.20. The van der Waals surface area contributed by atoms with Gasteiger partial charge in [0.1, 0.15) is 5.02 Å². The molecular weight excluding hydrogens is 389 g/mol. The number of carbonyl (C=O) groups is 1. The molecule has 0 atom stereocenters. The second kappa shape index (κ2) is 7.73. The maximum Gasteiger partial charge on any atom is 0.405 e. The van der Waals surface area contributed by atoms with Crippen LogP contribution in [0, 0.1) is 5.92 Å². The number of pyridine rings is 1. The number of rotatable bonds is 7. The zero-order valence-electron chi connectivity index (χ0n) is 13.3. The highest BCUT2D eigenvalue weighted by Crippen LogP contribution is 2.42. The lowest BCUT2D eigenvalue weighted by atomic mass is 10.2. The van der Waals surface area contributed by atoms with E-state index in [1.54, 1.807) is 23.7 Å². The van der Waals surface area contributed by atoms with E-state index in [2.05, 4.69) is 9.82 Å². The third-order valence-corrected chi connectivity index (χ3v) is 4.33. The molecule has 1 fully saturated rings. The molecule has 1 aliphatic rings. The fourth-order valence-electron chi connectivity index (χ4n) is 2.11. The van der Waals surface area contributed by atoms with E-state index in [1.807, 2.05) is 0 Å². The Hall–Kier alpha value is -1.96. The predicted octanol–water partition coefficient (Wildman–Crippen LogP) is 4.59. The van der Waals surface area contributed by atoms with Crippen LogP contribution >= 0.6 is 23.2 Å². The summed E-state index contributed by atoms with van der Waals surface area (Å²) < 4.78 is 34.3. The average Bonchev–Trinajstić information content (AvgIpc) is 3.44. The Kier molecular flexibility index (Phi) is 5.60. The van der Waals surface area contributed by atoms with Crippen LogP contribution < -0.4 is 10.2 Å². The van der Waals surface area contributed by atoms with Gasteiger partial charge in [-0.05, 0) is 30.9 Å². The van der Waals surface area contributed by atoms with Crippen LogP contribution in [-0.2, 0) is 10.9 Å². The van der Waals surface area contributed by atoms with Crippen LogP contribution in [0.5, 0.6) is 5.88 Å². The summed E-state index contributed by atoms with van der Waals surface area (Å²) >= 11 is 11.8. The van der Waals surface area contributed by atoms with Crippen molar-refractivity contribution in [2.45, 2.75) is 19.0 Å². The van der Waals surface area contributed by atoms with Gasteiger partial charge in [0.2, 0.25) is 5.88 Å². The summed E-state index contributed by atoms with van der Waals surface area (Å²) in [7, 11) is 0. The van der Waals surface area contributed by atoms with Gasteiger partial charge in [-0.1, -0.05) is 41.4 Å². The predicted molar refractivity (Wildman–Crippen MR) is 91.4 cm³/mol. The van der Waals surface area contributed by atoms with Gasteiger partial charge in [0.05, 0.1) is 23.4 Å². The van der Waals surface area contributed by atoms with Crippen LogP contribution in [0.1, 0.15) is 28.8 Å². The SMILES string of the molecule is O=C(NOC(F)(F)c1c(Cl)cnc(OCC2CC2)c1Cl)c1ccccc1. The summed E-state index contributed by atoms with van der Waals surface area (Å²) in [4.78, 5) is 20.0. The first kappa shape index (κ1) is 18.8. The molecule has 9 heteroatoms. The summed E-state index contributed by atoms with van der Waals surface area (Å²) in [5.74, 6) is -0.610. The molecule has 5 nitrogen and oxygen atoms in total. The van der Waals surface area contributed by atoms with E-state index in [1.165, 1.54) is 12.1 Å². The second-order valence-electron chi connectivity index (χ2n) is 5.77. The summed E-state index contributed by atoms with van der Waals surface area (Å²) in [5, 5.41) is -0.871.